The molecule has 1 heterocycles. The highest BCUT2D eigenvalue weighted by atomic mass is 16.1. The molecule has 3 N–H and O–H groups in total. The monoisotopic (exact) mass is 276 g/mol. The van der Waals surface area contributed by atoms with Crippen LogP contribution in [-0.4, -0.2) is 50.1 Å². The number of nitrogens with two attached hydrogens (primary N) is 1. The van der Waals surface area contributed by atoms with Crippen LogP contribution in [0.5, 0.6) is 0 Å². The van der Waals surface area contributed by atoms with Gasteiger partial charge in [-0.05, 0) is 25.1 Å². The molecular formula is C15H24N4O. The highest BCUT2D eigenvalue weighted by Gasteiger charge is 2.17. The first-order valence-electron chi connectivity index (χ1n) is 7.28. The van der Waals surface area contributed by atoms with Crippen molar-refractivity contribution in [1.29, 1.82) is 0 Å². The zero-order valence-corrected chi connectivity index (χ0v) is 12.1. The summed E-state index contributed by atoms with van der Waals surface area (Å²) in [7, 11) is 0. The zero-order chi connectivity index (χ0) is 14.4. The molecule has 5 heteroatoms. The number of hydrogen-bond acceptors (Lipinski definition) is 4. The summed E-state index contributed by atoms with van der Waals surface area (Å²) in [4.78, 5) is 16.1. The number of nitrogens with zero attached hydrogens (tertiary/aromatic N) is 2. The van der Waals surface area contributed by atoms with Gasteiger partial charge in [-0.15, -0.1) is 0 Å². The van der Waals surface area contributed by atoms with Crippen molar-refractivity contribution in [3.63, 3.8) is 0 Å². The van der Waals surface area contributed by atoms with Crippen molar-refractivity contribution in [2.75, 3.05) is 49.9 Å². The van der Waals surface area contributed by atoms with Crippen LogP contribution in [0.3, 0.4) is 0 Å². The third kappa shape index (κ3) is 4.13. The molecule has 1 aliphatic rings. The average molecular weight is 276 g/mol. The van der Waals surface area contributed by atoms with Gasteiger partial charge in [-0.25, -0.2) is 0 Å². The quantitative estimate of drug-likeness (QED) is 0.785. The molecule has 0 saturated carbocycles. The van der Waals surface area contributed by atoms with Gasteiger partial charge in [0, 0.05) is 57.1 Å². The minimum Gasteiger partial charge on any atom is -0.399 e. The highest BCUT2D eigenvalue weighted by molar-refractivity contribution is 5.75. The second kappa shape index (κ2) is 7.14. The van der Waals surface area contributed by atoms with Crippen molar-refractivity contribution in [2.45, 2.75) is 13.3 Å². The Hall–Kier alpha value is -1.75. The number of anilines is 2. The van der Waals surface area contributed by atoms with Gasteiger partial charge < -0.3 is 16.0 Å². The number of benzene rings is 1. The van der Waals surface area contributed by atoms with Crippen molar-refractivity contribution in [3.05, 3.63) is 24.3 Å². The predicted octanol–water partition coefficient (Wildman–Crippen LogP) is 0.917. The fourth-order valence-corrected chi connectivity index (χ4v) is 2.50. The number of carbonyl (C=O) groups excluding carboxylic acids is 1. The molecule has 1 saturated heterocycles. The standard InChI is InChI=1S/C15H24N4O/c1-2-17-15(20)6-7-18-8-10-19(11-9-18)14-5-3-4-13(16)12-14/h3-5,12H,2,6-11,16H2,1H3,(H,17,20). The Kier molecular flexibility index (Phi) is 5.24. The molecule has 5 nitrogen and oxygen atoms in total. The first-order chi connectivity index (χ1) is 9.69. The minimum absolute atomic E-state index is 0.144. The number of carbonyl (C=O) groups is 1. The Balaban J connectivity index is 1.76. The molecular weight excluding hydrogens is 252 g/mol. The molecule has 0 bridgehead atoms. The van der Waals surface area contributed by atoms with Crippen LogP contribution in [0.25, 0.3) is 0 Å². The Bertz CT molecular complexity index is 441. The smallest absolute Gasteiger partial charge is 0.221 e. The summed E-state index contributed by atoms with van der Waals surface area (Å²) in [6.07, 6.45) is 0.589. The van der Waals surface area contributed by atoms with Crippen molar-refractivity contribution >= 4 is 17.3 Å². The number of piperazine rings is 1. The van der Waals surface area contributed by atoms with Gasteiger partial charge in [0.25, 0.3) is 0 Å². The SMILES string of the molecule is CCNC(=O)CCN1CCN(c2cccc(N)c2)CC1. The van der Waals surface area contributed by atoms with Crippen molar-refractivity contribution in [2.24, 2.45) is 0 Å². The van der Waals surface area contributed by atoms with E-state index in [4.69, 9.17) is 5.73 Å². The van der Waals surface area contributed by atoms with Crippen LogP contribution < -0.4 is 16.0 Å². The van der Waals surface area contributed by atoms with E-state index in [2.05, 4.69) is 21.2 Å². The molecule has 1 aromatic rings. The Morgan fingerprint density at radius 2 is 2.05 bits per heavy atom. The topological polar surface area (TPSA) is 61.6 Å². The summed E-state index contributed by atoms with van der Waals surface area (Å²) in [6.45, 7) is 7.46. The van der Waals surface area contributed by atoms with Gasteiger partial charge in [0.05, 0.1) is 0 Å². The van der Waals surface area contributed by atoms with E-state index in [0.717, 1.165) is 38.4 Å². The van der Waals surface area contributed by atoms with E-state index >= 15 is 0 Å². The largest absolute Gasteiger partial charge is 0.399 e. The fraction of sp³-hybridized carbons (Fsp3) is 0.533. The second-order valence-corrected chi connectivity index (χ2v) is 5.13. The summed E-state index contributed by atoms with van der Waals surface area (Å²) in [5.41, 5.74) is 7.82. The van der Waals surface area contributed by atoms with Gasteiger partial charge in [0.2, 0.25) is 5.91 Å². The number of nitrogen functional groups attached to an aromatic ring is 1. The number of nitrogens with one attached hydrogen (secondary N) is 1. The zero-order valence-electron chi connectivity index (χ0n) is 12.1. The first kappa shape index (κ1) is 14.7. The van der Waals surface area contributed by atoms with Crippen LogP contribution >= 0.6 is 0 Å². The van der Waals surface area contributed by atoms with Crippen LogP contribution in [0, 0.1) is 0 Å². The van der Waals surface area contributed by atoms with E-state index in [9.17, 15) is 4.79 Å². The molecule has 1 amide bonds. The van der Waals surface area contributed by atoms with Gasteiger partial charge in [0.15, 0.2) is 0 Å². The number of rotatable bonds is 5. The lowest BCUT2D eigenvalue weighted by Gasteiger charge is -2.36. The van der Waals surface area contributed by atoms with E-state index in [-0.39, 0.29) is 5.91 Å². The van der Waals surface area contributed by atoms with Crippen LogP contribution in [0.4, 0.5) is 11.4 Å². The van der Waals surface area contributed by atoms with Gasteiger partial charge in [-0.1, -0.05) is 6.07 Å². The molecule has 0 atom stereocenters. The summed E-state index contributed by atoms with van der Waals surface area (Å²) in [6, 6.07) is 8.02. The van der Waals surface area contributed by atoms with E-state index in [1.807, 2.05) is 25.1 Å². The summed E-state index contributed by atoms with van der Waals surface area (Å²) < 4.78 is 0. The van der Waals surface area contributed by atoms with Crippen molar-refractivity contribution in [1.82, 2.24) is 10.2 Å². The molecule has 1 fully saturated rings. The lowest BCUT2D eigenvalue weighted by molar-refractivity contribution is -0.121. The number of hydrogen-bond donors (Lipinski definition) is 2. The number of amides is 1. The van der Waals surface area contributed by atoms with Gasteiger partial charge in [-0.2, -0.15) is 0 Å². The molecule has 2 rings (SSSR count). The maximum absolute atomic E-state index is 11.4. The Labute approximate surface area is 120 Å². The van der Waals surface area contributed by atoms with Crippen LogP contribution in [-0.2, 0) is 4.79 Å². The van der Waals surface area contributed by atoms with E-state index in [1.165, 1.54) is 5.69 Å². The molecule has 1 aromatic carbocycles. The second-order valence-electron chi connectivity index (χ2n) is 5.13. The third-order valence-electron chi connectivity index (χ3n) is 3.64. The Morgan fingerprint density at radius 1 is 1.30 bits per heavy atom. The molecule has 0 aliphatic carbocycles. The molecule has 1 aliphatic heterocycles. The van der Waals surface area contributed by atoms with Crippen molar-refractivity contribution < 1.29 is 4.79 Å². The molecule has 20 heavy (non-hydrogen) atoms. The van der Waals surface area contributed by atoms with Crippen LogP contribution in [0.2, 0.25) is 0 Å². The lowest BCUT2D eigenvalue weighted by Crippen LogP contribution is -2.47. The summed E-state index contributed by atoms with van der Waals surface area (Å²) in [5, 5.41) is 2.84. The van der Waals surface area contributed by atoms with Crippen LogP contribution in [0.1, 0.15) is 13.3 Å². The van der Waals surface area contributed by atoms with E-state index < -0.39 is 0 Å². The highest BCUT2D eigenvalue weighted by Crippen LogP contribution is 2.19. The Morgan fingerprint density at radius 3 is 2.70 bits per heavy atom. The van der Waals surface area contributed by atoms with E-state index in [1.54, 1.807) is 0 Å². The fourth-order valence-electron chi connectivity index (χ4n) is 2.50. The normalized spacial score (nSPS) is 16.1. The summed E-state index contributed by atoms with van der Waals surface area (Å²) in [5.74, 6) is 0.144. The van der Waals surface area contributed by atoms with Crippen LogP contribution in [0.15, 0.2) is 24.3 Å². The summed E-state index contributed by atoms with van der Waals surface area (Å²) >= 11 is 0. The van der Waals surface area contributed by atoms with E-state index in [0.29, 0.717) is 13.0 Å². The van der Waals surface area contributed by atoms with Gasteiger partial charge in [0.1, 0.15) is 0 Å². The predicted molar refractivity (Wildman–Crippen MR) is 82.8 cm³/mol. The average Bonchev–Trinajstić information content (AvgIpc) is 2.46. The molecule has 0 spiro atoms. The third-order valence-corrected chi connectivity index (χ3v) is 3.64. The maximum Gasteiger partial charge on any atom is 0.221 e. The van der Waals surface area contributed by atoms with Gasteiger partial charge in [-0.3, -0.25) is 9.69 Å². The molecule has 110 valence electrons. The molecule has 0 aromatic heterocycles. The minimum atomic E-state index is 0.144. The first-order valence-corrected chi connectivity index (χ1v) is 7.28. The van der Waals surface area contributed by atoms with Crippen molar-refractivity contribution in [3.8, 4) is 0 Å². The maximum atomic E-state index is 11.4. The molecule has 0 unspecified atom stereocenters. The van der Waals surface area contributed by atoms with Gasteiger partial charge >= 0.3 is 0 Å². The lowest BCUT2D eigenvalue weighted by atomic mass is 10.2. The molecule has 0 radical (unpaired) electrons.